The number of ether oxygens (including phenoxy) is 2. The minimum absolute atomic E-state index is 0.382. The Morgan fingerprint density at radius 1 is 1.20 bits per heavy atom. The van der Waals surface area contributed by atoms with Gasteiger partial charge in [-0.05, 0) is 48.8 Å². The summed E-state index contributed by atoms with van der Waals surface area (Å²) in [6.07, 6.45) is 3.99. The number of hydrogen-bond donors (Lipinski definition) is 1. The van der Waals surface area contributed by atoms with Crippen molar-refractivity contribution < 1.29 is 9.47 Å². The van der Waals surface area contributed by atoms with E-state index in [9.17, 15) is 0 Å². The van der Waals surface area contributed by atoms with Gasteiger partial charge in [0.25, 0.3) is 0 Å². The van der Waals surface area contributed by atoms with Crippen LogP contribution in [0.4, 0.5) is 0 Å². The Kier molecular flexibility index (Phi) is 5.44. The fourth-order valence-corrected chi connectivity index (χ4v) is 2.93. The Morgan fingerprint density at radius 3 is 2.65 bits per heavy atom. The first-order valence-electron chi connectivity index (χ1n) is 7.61. The highest BCUT2D eigenvalue weighted by Crippen LogP contribution is 2.32. The van der Waals surface area contributed by atoms with Crippen molar-refractivity contribution in [3.8, 4) is 5.75 Å². The molecule has 0 radical (unpaired) electrons. The van der Waals surface area contributed by atoms with Crippen LogP contribution in [0.5, 0.6) is 5.75 Å². The largest absolute Gasteiger partial charge is 0.496 e. The Bertz CT molecular complexity index is 433. The summed E-state index contributed by atoms with van der Waals surface area (Å²) >= 11 is 0. The van der Waals surface area contributed by atoms with E-state index in [0.29, 0.717) is 19.3 Å². The maximum atomic E-state index is 6.11. The molecule has 0 bridgehead atoms. The van der Waals surface area contributed by atoms with Gasteiger partial charge < -0.3 is 15.2 Å². The molecule has 3 unspecified atom stereocenters. The summed E-state index contributed by atoms with van der Waals surface area (Å²) in [4.78, 5) is 0. The molecule has 0 spiro atoms. The topological polar surface area (TPSA) is 44.5 Å². The average molecular weight is 277 g/mol. The summed E-state index contributed by atoms with van der Waals surface area (Å²) in [6.45, 7) is 5.84. The molecule has 3 heteroatoms. The quantitative estimate of drug-likeness (QED) is 0.896. The third-order valence-corrected chi connectivity index (χ3v) is 4.61. The van der Waals surface area contributed by atoms with Gasteiger partial charge in [0, 0.05) is 12.1 Å². The molecule has 1 aromatic carbocycles. The number of hydrogen-bond acceptors (Lipinski definition) is 3. The normalized spacial score (nSPS) is 26.5. The highest BCUT2D eigenvalue weighted by atomic mass is 16.5. The zero-order valence-corrected chi connectivity index (χ0v) is 12.9. The molecular weight excluding hydrogens is 250 g/mol. The van der Waals surface area contributed by atoms with E-state index in [-0.39, 0.29) is 0 Å². The predicted octanol–water partition coefficient (Wildman–Crippen LogP) is 3.50. The molecule has 20 heavy (non-hydrogen) atoms. The second kappa shape index (κ2) is 7.09. The van der Waals surface area contributed by atoms with Crippen LogP contribution in [0.15, 0.2) is 18.2 Å². The second-order valence-electron chi connectivity index (χ2n) is 6.05. The number of rotatable bonds is 5. The van der Waals surface area contributed by atoms with Crippen LogP contribution < -0.4 is 10.5 Å². The maximum absolute atomic E-state index is 6.11. The highest BCUT2D eigenvalue weighted by molar-refractivity contribution is 5.36. The zero-order chi connectivity index (χ0) is 14.5. The summed E-state index contributed by atoms with van der Waals surface area (Å²) in [7, 11) is 1.70. The Balaban J connectivity index is 1.96. The molecule has 2 rings (SSSR count). The summed E-state index contributed by atoms with van der Waals surface area (Å²) in [5.41, 5.74) is 7.92. The number of methoxy groups -OCH3 is 1. The van der Waals surface area contributed by atoms with E-state index in [2.05, 4.69) is 19.9 Å². The molecular formula is C17H27NO2. The van der Waals surface area contributed by atoms with Crippen molar-refractivity contribution >= 4 is 0 Å². The van der Waals surface area contributed by atoms with Gasteiger partial charge >= 0.3 is 0 Å². The molecule has 3 nitrogen and oxygen atoms in total. The van der Waals surface area contributed by atoms with Crippen LogP contribution in [0.1, 0.15) is 44.2 Å². The zero-order valence-electron chi connectivity index (χ0n) is 12.9. The Labute approximate surface area is 122 Å². The summed E-state index contributed by atoms with van der Waals surface area (Å²) in [5.74, 6) is 2.47. The van der Waals surface area contributed by atoms with E-state index in [0.717, 1.165) is 28.7 Å². The van der Waals surface area contributed by atoms with Gasteiger partial charge in [-0.3, -0.25) is 0 Å². The molecule has 1 aliphatic rings. The number of nitrogens with two attached hydrogens (primary N) is 1. The van der Waals surface area contributed by atoms with Crippen LogP contribution >= 0.6 is 0 Å². The van der Waals surface area contributed by atoms with E-state index in [4.69, 9.17) is 15.2 Å². The highest BCUT2D eigenvalue weighted by Gasteiger charge is 2.25. The lowest BCUT2D eigenvalue weighted by Crippen LogP contribution is -2.26. The minimum atomic E-state index is 0.382. The molecule has 1 aromatic rings. The fraction of sp³-hybridized carbons (Fsp3) is 0.647. The van der Waals surface area contributed by atoms with Crippen molar-refractivity contribution in [2.75, 3.05) is 7.11 Å². The Hall–Kier alpha value is -1.06. The molecule has 0 aliphatic heterocycles. The summed E-state index contributed by atoms with van der Waals surface area (Å²) in [6, 6.07) is 6.08. The SMILES string of the molecule is COc1ccc(CN)cc1COC1CCC(C)C(C)C1. The minimum Gasteiger partial charge on any atom is -0.496 e. The molecule has 0 saturated heterocycles. The number of benzene rings is 1. The molecule has 1 saturated carbocycles. The third kappa shape index (κ3) is 3.74. The maximum Gasteiger partial charge on any atom is 0.124 e. The lowest BCUT2D eigenvalue weighted by molar-refractivity contribution is -0.00809. The van der Waals surface area contributed by atoms with Crippen LogP contribution in [0.2, 0.25) is 0 Å². The van der Waals surface area contributed by atoms with E-state index in [1.54, 1.807) is 7.11 Å². The summed E-state index contributed by atoms with van der Waals surface area (Å²) in [5, 5.41) is 0. The van der Waals surface area contributed by atoms with E-state index in [1.807, 2.05) is 12.1 Å². The van der Waals surface area contributed by atoms with Gasteiger partial charge in [-0.15, -0.1) is 0 Å². The molecule has 112 valence electrons. The predicted molar refractivity (Wildman–Crippen MR) is 81.6 cm³/mol. The molecule has 0 amide bonds. The first-order chi connectivity index (χ1) is 9.63. The van der Waals surface area contributed by atoms with Crippen LogP contribution in [0.25, 0.3) is 0 Å². The van der Waals surface area contributed by atoms with E-state index >= 15 is 0 Å². The molecule has 3 atom stereocenters. The average Bonchev–Trinajstić information content (AvgIpc) is 2.48. The first kappa shape index (κ1) is 15.3. The van der Waals surface area contributed by atoms with Gasteiger partial charge in [-0.2, -0.15) is 0 Å². The Morgan fingerprint density at radius 2 is 2.00 bits per heavy atom. The van der Waals surface area contributed by atoms with E-state index < -0.39 is 0 Å². The van der Waals surface area contributed by atoms with Crippen LogP contribution in [-0.4, -0.2) is 13.2 Å². The van der Waals surface area contributed by atoms with Gasteiger partial charge in [-0.1, -0.05) is 19.9 Å². The molecule has 1 fully saturated rings. The molecule has 0 aromatic heterocycles. The molecule has 1 aliphatic carbocycles. The van der Waals surface area contributed by atoms with Crippen molar-refractivity contribution in [2.45, 2.75) is 52.4 Å². The van der Waals surface area contributed by atoms with Gasteiger partial charge in [0.2, 0.25) is 0 Å². The van der Waals surface area contributed by atoms with Crippen molar-refractivity contribution in [1.29, 1.82) is 0 Å². The molecule has 2 N–H and O–H groups in total. The fourth-order valence-electron chi connectivity index (χ4n) is 2.93. The van der Waals surface area contributed by atoms with Gasteiger partial charge in [0.15, 0.2) is 0 Å². The molecule has 0 heterocycles. The summed E-state index contributed by atoms with van der Waals surface area (Å²) < 4.78 is 11.5. The van der Waals surface area contributed by atoms with Crippen molar-refractivity contribution in [3.63, 3.8) is 0 Å². The van der Waals surface area contributed by atoms with Crippen molar-refractivity contribution in [2.24, 2.45) is 17.6 Å². The van der Waals surface area contributed by atoms with Gasteiger partial charge in [0.1, 0.15) is 5.75 Å². The van der Waals surface area contributed by atoms with Crippen LogP contribution in [-0.2, 0) is 17.9 Å². The first-order valence-corrected chi connectivity index (χ1v) is 7.61. The lowest BCUT2D eigenvalue weighted by atomic mass is 9.80. The monoisotopic (exact) mass is 277 g/mol. The third-order valence-electron chi connectivity index (χ3n) is 4.61. The standard InChI is InChI=1S/C17H27NO2/c1-12-4-6-16(8-13(12)2)20-11-15-9-14(10-18)5-7-17(15)19-3/h5,7,9,12-13,16H,4,6,8,10-11,18H2,1-3H3. The van der Waals surface area contributed by atoms with Crippen LogP contribution in [0, 0.1) is 11.8 Å². The van der Waals surface area contributed by atoms with Crippen molar-refractivity contribution in [3.05, 3.63) is 29.3 Å². The van der Waals surface area contributed by atoms with Crippen LogP contribution in [0.3, 0.4) is 0 Å². The lowest BCUT2D eigenvalue weighted by Gasteiger charge is -2.32. The smallest absolute Gasteiger partial charge is 0.124 e. The van der Waals surface area contributed by atoms with Gasteiger partial charge in [0.05, 0.1) is 19.8 Å². The van der Waals surface area contributed by atoms with Gasteiger partial charge in [-0.25, -0.2) is 0 Å². The van der Waals surface area contributed by atoms with Crippen molar-refractivity contribution in [1.82, 2.24) is 0 Å². The second-order valence-corrected chi connectivity index (χ2v) is 6.05. The van der Waals surface area contributed by atoms with E-state index in [1.165, 1.54) is 19.3 Å².